The maximum Gasteiger partial charge on any atom is 0.257 e. The lowest BCUT2D eigenvalue weighted by Crippen LogP contribution is -2.48. The van der Waals surface area contributed by atoms with E-state index in [2.05, 4.69) is 15.3 Å². The molecular weight excluding hydrogens is 350 g/mol. The third kappa shape index (κ3) is 4.25. The summed E-state index contributed by atoms with van der Waals surface area (Å²) in [6.07, 6.45) is 3.79. The van der Waals surface area contributed by atoms with Gasteiger partial charge in [-0.2, -0.15) is 0 Å². The van der Waals surface area contributed by atoms with Crippen LogP contribution in [0.25, 0.3) is 0 Å². The van der Waals surface area contributed by atoms with Crippen LogP contribution in [-0.2, 0) is 4.79 Å². The van der Waals surface area contributed by atoms with Crippen molar-refractivity contribution in [3.8, 4) is 11.5 Å². The molecule has 1 N–H and O–H groups in total. The maximum atomic E-state index is 12.5. The maximum absolute atomic E-state index is 12.5. The van der Waals surface area contributed by atoms with Crippen molar-refractivity contribution in [2.75, 3.05) is 45.7 Å². The highest BCUT2D eigenvalue weighted by atomic mass is 16.5. The first-order valence-electron chi connectivity index (χ1n) is 8.44. The topological polar surface area (TPSA) is 96.9 Å². The van der Waals surface area contributed by atoms with Gasteiger partial charge >= 0.3 is 0 Å². The number of benzene rings is 1. The molecule has 9 heteroatoms. The van der Waals surface area contributed by atoms with E-state index in [-0.39, 0.29) is 5.91 Å². The fraction of sp³-hybridized carbons (Fsp3) is 0.333. The first kappa shape index (κ1) is 18.4. The molecule has 1 fully saturated rings. The number of nitrogens with one attached hydrogen (secondary N) is 1. The predicted octanol–water partition coefficient (Wildman–Crippen LogP) is 1.15. The molecule has 1 aromatic carbocycles. The van der Waals surface area contributed by atoms with Gasteiger partial charge in [0.25, 0.3) is 5.91 Å². The van der Waals surface area contributed by atoms with Crippen LogP contribution in [0.3, 0.4) is 0 Å². The molecule has 2 aromatic rings. The van der Waals surface area contributed by atoms with Crippen LogP contribution in [0, 0.1) is 0 Å². The Bertz CT molecular complexity index is 804. The van der Waals surface area contributed by atoms with Crippen LogP contribution in [0.2, 0.25) is 0 Å². The van der Waals surface area contributed by atoms with Gasteiger partial charge in [0.15, 0.2) is 11.5 Å². The molecular formula is C18H21N5O4. The van der Waals surface area contributed by atoms with E-state index in [4.69, 9.17) is 9.47 Å². The van der Waals surface area contributed by atoms with Gasteiger partial charge in [0, 0.05) is 50.3 Å². The van der Waals surface area contributed by atoms with Crippen LogP contribution in [0.4, 0.5) is 11.6 Å². The summed E-state index contributed by atoms with van der Waals surface area (Å²) >= 11 is 0. The normalized spacial score (nSPS) is 13.9. The van der Waals surface area contributed by atoms with Crippen LogP contribution in [0.15, 0.2) is 30.6 Å². The van der Waals surface area contributed by atoms with Gasteiger partial charge in [-0.1, -0.05) is 0 Å². The molecule has 1 aliphatic heterocycles. The molecule has 2 amide bonds. The van der Waals surface area contributed by atoms with Crippen molar-refractivity contribution in [3.63, 3.8) is 0 Å². The fourth-order valence-electron chi connectivity index (χ4n) is 2.76. The summed E-state index contributed by atoms with van der Waals surface area (Å²) in [6.45, 7) is 2.08. The minimum Gasteiger partial charge on any atom is -0.493 e. The number of hydrogen-bond donors (Lipinski definition) is 1. The van der Waals surface area contributed by atoms with Crippen LogP contribution >= 0.6 is 0 Å². The smallest absolute Gasteiger partial charge is 0.257 e. The number of hydrogen-bond acceptors (Lipinski definition) is 7. The highest BCUT2D eigenvalue weighted by Gasteiger charge is 2.21. The molecule has 0 atom stereocenters. The summed E-state index contributed by atoms with van der Waals surface area (Å²) in [5.41, 5.74) is 1.14. The summed E-state index contributed by atoms with van der Waals surface area (Å²) in [5.74, 6) is 1.44. The van der Waals surface area contributed by atoms with Crippen molar-refractivity contribution >= 4 is 24.0 Å². The first-order chi connectivity index (χ1) is 13.1. The molecule has 1 aromatic heterocycles. The minimum absolute atomic E-state index is 0.141. The molecule has 27 heavy (non-hydrogen) atoms. The summed E-state index contributed by atoms with van der Waals surface area (Å²) in [5, 5.41) is 3.06. The Labute approximate surface area is 156 Å². The van der Waals surface area contributed by atoms with Crippen LogP contribution in [-0.4, -0.2) is 72.5 Å². The van der Waals surface area contributed by atoms with E-state index >= 15 is 0 Å². The van der Waals surface area contributed by atoms with Crippen molar-refractivity contribution in [3.05, 3.63) is 36.2 Å². The van der Waals surface area contributed by atoms with Crippen molar-refractivity contribution in [1.29, 1.82) is 0 Å². The Kier molecular flexibility index (Phi) is 5.70. The lowest BCUT2D eigenvalue weighted by molar-refractivity contribution is -0.119. The van der Waals surface area contributed by atoms with Gasteiger partial charge in [-0.25, -0.2) is 9.97 Å². The van der Waals surface area contributed by atoms with Crippen LogP contribution in [0.1, 0.15) is 10.4 Å². The minimum atomic E-state index is -0.141. The zero-order valence-electron chi connectivity index (χ0n) is 15.2. The lowest BCUT2D eigenvalue weighted by Gasteiger charge is -2.32. The van der Waals surface area contributed by atoms with Crippen molar-refractivity contribution < 1.29 is 19.1 Å². The Balaban J connectivity index is 1.65. The van der Waals surface area contributed by atoms with Crippen molar-refractivity contribution in [2.24, 2.45) is 0 Å². The van der Waals surface area contributed by atoms with Crippen LogP contribution in [0.5, 0.6) is 11.5 Å². The van der Waals surface area contributed by atoms with Crippen LogP contribution < -0.4 is 14.8 Å². The number of nitrogens with zero attached hydrogens (tertiary/aromatic N) is 4. The average Bonchev–Trinajstić information content (AvgIpc) is 2.73. The van der Waals surface area contributed by atoms with E-state index in [1.54, 1.807) is 36.2 Å². The molecule has 142 valence electrons. The number of piperazine rings is 1. The molecule has 0 radical (unpaired) electrons. The number of carbonyl (C=O) groups excluding carboxylic acids is 2. The molecule has 0 spiro atoms. The molecule has 1 aliphatic rings. The molecule has 1 saturated heterocycles. The van der Waals surface area contributed by atoms with Gasteiger partial charge < -0.3 is 24.6 Å². The highest BCUT2D eigenvalue weighted by Crippen LogP contribution is 2.30. The highest BCUT2D eigenvalue weighted by molar-refractivity contribution is 5.93. The molecule has 2 heterocycles. The van der Waals surface area contributed by atoms with Crippen molar-refractivity contribution in [2.45, 2.75) is 0 Å². The van der Waals surface area contributed by atoms with Gasteiger partial charge in [-0.15, -0.1) is 0 Å². The van der Waals surface area contributed by atoms with E-state index in [9.17, 15) is 9.59 Å². The zero-order valence-corrected chi connectivity index (χ0v) is 15.2. The van der Waals surface area contributed by atoms with E-state index in [1.165, 1.54) is 12.4 Å². The van der Waals surface area contributed by atoms with Gasteiger partial charge in [-0.3, -0.25) is 9.59 Å². The molecule has 0 aliphatic carbocycles. The second kappa shape index (κ2) is 8.35. The number of rotatable bonds is 6. The Hall–Kier alpha value is -3.36. The van der Waals surface area contributed by atoms with Gasteiger partial charge in [0.05, 0.1) is 19.8 Å². The van der Waals surface area contributed by atoms with E-state index in [1.807, 2.05) is 6.07 Å². The molecule has 0 saturated carbocycles. The van der Waals surface area contributed by atoms with E-state index in [0.29, 0.717) is 49.2 Å². The third-order valence-electron chi connectivity index (χ3n) is 4.29. The molecule has 0 bridgehead atoms. The average molecular weight is 371 g/mol. The Morgan fingerprint density at radius 2 is 1.74 bits per heavy atom. The predicted molar refractivity (Wildman–Crippen MR) is 98.4 cm³/mol. The molecule has 0 unspecified atom stereocenters. The number of aromatic nitrogens is 2. The fourth-order valence-corrected chi connectivity index (χ4v) is 2.76. The van der Waals surface area contributed by atoms with E-state index in [0.717, 1.165) is 12.1 Å². The zero-order chi connectivity index (χ0) is 19.2. The SMILES string of the molecule is COc1ccc(Nc2ncc(C(=O)N3CCN(C=O)CC3)cn2)cc1OC. The summed E-state index contributed by atoms with van der Waals surface area (Å²) in [6, 6.07) is 5.36. The standard InChI is InChI=1S/C18H21N5O4/c1-26-15-4-3-14(9-16(15)27-2)21-18-19-10-13(11-20-18)17(25)23-7-5-22(12-24)6-8-23/h3-4,9-12H,5-8H2,1-2H3,(H,19,20,21). The summed E-state index contributed by atoms with van der Waals surface area (Å²) in [4.78, 5) is 35.0. The largest absolute Gasteiger partial charge is 0.493 e. The quantitative estimate of drug-likeness (QED) is 0.761. The third-order valence-corrected chi connectivity index (χ3v) is 4.29. The number of amides is 2. The van der Waals surface area contributed by atoms with E-state index < -0.39 is 0 Å². The van der Waals surface area contributed by atoms with Gasteiger partial charge in [0.2, 0.25) is 12.4 Å². The number of methoxy groups -OCH3 is 2. The Morgan fingerprint density at radius 3 is 2.33 bits per heavy atom. The molecule has 9 nitrogen and oxygen atoms in total. The van der Waals surface area contributed by atoms with Gasteiger partial charge in [-0.05, 0) is 12.1 Å². The summed E-state index contributed by atoms with van der Waals surface area (Å²) in [7, 11) is 3.13. The number of carbonyl (C=O) groups is 2. The first-order valence-corrected chi connectivity index (χ1v) is 8.44. The summed E-state index contributed by atoms with van der Waals surface area (Å²) < 4.78 is 10.5. The number of anilines is 2. The molecule has 3 rings (SSSR count). The second-order valence-electron chi connectivity index (χ2n) is 5.92. The second-order valence-corrected chi connectivity index (χ2v) is 5.92. The van der Waals surface area contributed by atoms with Crippen molar-refractivity contribution in [1.82, 2.24) is 19.8 Å². The van der Waals surface area contributed by atoms with Gasteiger partial charge in [0.1, 0.15) is 0 Å². The Morgan fingerprint density at radius 1 is 1.07 bits per heavy atom. The lowest BCUT2D eigenvalue weighted by atomic mass is 10.2. The monoisotopic (exact) mass is 371 g/mol. The number of ether oxygens (including phenoxy) is 2.